The van der Waals surface area contributed by atoms with Gasteiger partial charge in [-0.05, 0) is 51.2 Å². The molecule has 3 rings (SSSR count). The summed E-state index contributed by atoms with van der Waals surface area (Å²) in [6.45, 7) is 3.08. The fraction of sp³-hybridized carbons (Fsp3) is 0.667. The SMILES string of the molecule is Cc1ccc(S(=O)(=O)N2CCCCC2CCNC(=O)C2CCCCC2)cc1. The van der Waals surface area contributed by atoms with E-state index in [-0.39, 0.29) is 17.9 Å². The van der Waals surface area contributed by atoms with Crippen molar-refractivity contribution in [3.63, 3.8) is 0 Å². The van der Waals surface area contributed by atoms with Crippen LogP contribution in [0, 0.1) is 12.8 Å². The van der Waals surface area contributed by atoms with Gasteiger partial charge in [-0.1, -0.05) is 43.4 Å². The van der Waals surface area contributed by atoms with Gasteiger partial charge in [0, 0.05) is 25.0 Å². The van der Waals surface area contributed by atoms with Gasteiger partial charge in [-0.3, -0.25) is 4.79 Å². The number of piperidine rings is 1. The van der Waals surface area contributed by atoms with Crippen LogP contribution in [0.5, 0.6) is 0 Å². The summed E-state index contributed by atoms with van der Waals surface area (Å²) < 4.78 is 27.8. The third-order valence-electron chi connectivity index (χ3n) is 5.95. The second kappa shape index (κ2) is 9.20. The average molecular weight is 393 g/mol. The number of carbonyl (C=O) groups is 1. The fourth-order valence-corrected chi connectivity index (χ4v) is 6.02. The summed E-state index contributed by atoms with van der Waals surface area (Å²) in [6.07, 6.45) is 8.99. The molecule has 5 nitrogen and oxygen atoms in total. The smallest absolute Gasteiger partial charge is 0.243 e. The van der Waals surface area contributed by atoms with E-state index in [0.29, 0.717) is 24.4 Å². The van der Waals surface area contributed by atoms with Gasteiger partial charge in [0.15, 0.2) is 0 Å². The lowest BCUT2D eigenvalue weighted by Gasteiger charge is -2.35. The van der Waals surface area contributed by atoms with Crippen molar-refractivity contribution in [1.29, 1.82) is 0 Å². The molecular formula is C21H32N2O3S. The van der Waals surface area contributed by atoms with E-state index in [0.717, 1.165) is 50.5 Å². The van der Waals surface area contributed by atoms with Gasteiger partial charge in [-0.2, -0.15) is 4.31 Å². The number of sulfonamides is 1. The van der Waals surface area contributed by atoms with E-state index >= 15 is 0 Å². The number of amides is 1. The molecule has 1 N–H and O–H groups in total. The van der Waals surface area contributed by atoms with Crippen molar-refractivity contribution in [2.24, 2.45) is 5.92 Å². The Hall–Kier alpha value is -1.40. The van der Waals surface area contributed by atoms with Gasteiger partial charge in [0.1, 0.15) is 0 Å². The molecule has 2 aliphatic rings. The summed E-state index contributed by atoms with van der Waals surface area (Å²) in [7, 11) is -3.48. The number of hydrogen-bond acceptors (Lipinski definition) is 3. The summed E-state index contributed by atoms with van der Waals surface area (Å²) >= 11 is 0. The first-order chi connectivity index (χ1) is 13.0. The monoisotopic (exact) mass is 392 g/mol. The van der Waals surface area contributed by atoms with Crippen LogP contribution in [-0.4, -0.2) is 37.8 Å². The highest BCUT2D eigenvalue weighted by molar-refractivity contribution is 7.89. The number of nitrogens with one attached hydrogen (secondary N) is 1. The number of carbonyl (C=O) groups excluding carboxylic acids is 1. The van der Waals surface area contributed by atoms with Crippen LogP contribution in [0.1, 0.15) is 63.4 Å². The molecule has 150 valence electrons. The third-order valence-corrected chi connectivity index (χ3v) is 7.92. The first kappa shape index (κ1) is 20.3. The molecule has 1 saturated carbocycles. The van der Waals surface area contributed by atoms with E-state index in [1.165, 1.54) is 6.42 Å². The van der Waals surface area contributed by atoms with Crippen LogP contribution in [0.25, 0.3) is 0 Å². The zero-order valence-electron chi connectivity index (χ0n) is 16.3. The summed E-state index contributed by atoms with van der Waals surface area (Å²) in [6, 6.07) is 7.05. The number of nitrogens with zero attached hydrogens (tertiary/aromatic N) is 1. The van der Waals surface area contributed by atoms with E-state index in [1.807, 2.05) is 19.1 Å². The van der Waals surface area contributed by atoms with Crippen LogP contribution in [0.15, 0.2) is 29.2 Å². The Morgan fingerprint density at radius 1 is 1.04 bits per heavy atom. The Morgan fingerprint density at radius 2 is 1.70 bits per heavy atom. The molecule has 0 radical (unpaired) electrons. The molecule has 1 aromatic rings. The maximum absolute atomic E-state index is 13.1. The van der Waals surface area contributed by atoms with Crippen LogP contribution >= 0.6 is 0 Å². The van der Waals surface area contributed by atoms with Gasteiger partial charge in [-0.25, -0.2) is 8.42 Å². The van der Waals surface area contributed by atoms with Crippen molar-refractivity contribution in [3.8, 4) is 0 Å². The van der Waals surface area contributed by atoms with E-state index in [4.69, 9.17) is 0 Å². The van der Waals surface area contributed by atoms with Crippen LogP contribution in [0.2, 0.25) is 0 Å². The van der Waals surface area contributed by atoms with Crippen LogP contribution < -0.4 is 5.32 Å². The topological polar surface area (TPSA) is 66.5 Å². The molecule has 1 saturated heterocycles. The summed E-state index contributed by atoms with van der Waals surface area (Å²) in [5, 5.41) is 3.06. The molecule has 27 heavy (non-hydrogen) atoms. The van der Waals surface area contributed by atoms with E-state index < -0.39 is 10.0 Å². The van der Waals surface area contributed by atoms with E-state index in [9.17, 15) is 13.2 Å². The van der Waals surface area contributed by atoms with Gasteiger partial charge in [0.2, 0.25) is 15.9 Å². The summed E-state index contributed by atoms with van der Waals surface area (Å²) in [5.74, 6) is 0.302. The standard InChI is InChI=1S/C21H32N2O3S/c1-17-10-12-20(13-11-17)27(25,26)23-16-6-5-9-19(23)14-15-22-21(24)18-7-3-2-4-8-18/h10-13,18-19H,2-9,14-16H2,1H3,(H,22,24). The molecule has 1 aromatic carbocycles. The average Bonchev–Trinajstić information content (AvgIpc) is 2.69. The third kappa shape index (κ3) is 5.11. The minimum atomic E-state index is -3.48. The summed E-state index contributed by atoms with van der Waals surface area (Å²) in [4.78, 5) is 12.7. The molecule has 2 fully saturated rings. The molecule has 0 aromatic heterocycles. The van der Waals surface area contributed by atoms with Gasteiger partial charge in [0.05, 0.1) is 4.90 Å². The van der Waals surface area contributed by atoms with Gasteiger partial charge >= 0.3 is 0 Å². The molecule has 1 atom stereocenters. The summed E-state index contributed by atoms with van der Waals surface area (Å²) in [5.41, 5.74) is 1.05. The Bertz CT molecular complexity index is 724. The Kier molecular flexibility index (Phi) is 6.93. The molecule has 1 aliphatic carbocycles. The van der Waals surface area contributed by atoms with Gasteiger partial charge < -0.3 is 5.32 Å². The molecule has 1 amide bonds. The number of aryl methyl sites for hydroxylation is 1. The highest BCUT2D eigenvalue weighted by atomic mass is 32.2. The van der Waals surface area contributed by atoms with Gasteiger partial charge in [0.25, 0.3) is 0 Å². The molecule has 0 bridgehead atoms. The maximum Gasteiger partial charge on any atom is 0.243 e. The van der Waals surface area contributed by atoms with Crippen LogP contribution in [-0.2, 0) is 14.8 Å². The van der Waals surface area contributed by atoms with Crippen molar-refractivity contribution in [2.45, 2.75) is 75.6 Å². The Labute approximate surface area is 163 Å². The molecule has 1 heterocycles. The predicted molar refractivity (Wildman–Crippen MR) is 107 cm³/mol. The minimum absolute atomic E-state index is 0.0308. The quantitative estimate of drug-likeness (QED) is 0.804. The largest absolute Gasteiger partial charge is 0.356 e. The van der Waals surface area contributed by atoms with Crippen molar-refractivity contribution in [2.75, 3.05) is 13.1 Å². The van der Waals surface area contributed by atoms with Gasteiger partial charge in [-0.15, -0.1) is 0 Å². The van der Waals surface area contributed by atoms with E-state index in [2.05, 4.69) is 5.32 Å². The maximum atomic E-state index is 13.1. The first-order valence-corrected chi connectivity index (χ1v) is 11.8. The predicted octanol–water partition coefficient (Wildman–Crippen LogP) is 3.62. The zero-order chi connectivity index (χ0) is 19.3. The normalized spacial score (nSPS) is 22.5. The number of hydrogen-bond donors (Lipinski definition) is 1. The molecule has 6 heteroatoms. The molecule has 0 spiro atoms. The minimum Gasteiger partial charge on any atom is -0.356 e. The fourth-order valence-electron chi connectivity index (χ4n) is 4.30. The molecule has 1 aliphatic heterocycles. The highest BCUT2D eigenvalue weighted by Crippen LogP contribution is 2.27. The highest BCUT2D eigenvalue weighted by Gasteiger charge is 2.33. The zero-order valence-corrected chi connectivity index (χ0v) is 17.1. The van der Waals surface area contributed by atoms with Crippen LogP contribution in [0.4, 0.5) is 0 Å². The van der Waals surface area contributed by atoms with E-state index in [1.54, 1.807) is 16.4 Å². The molecule has 1 unspecified atom stereocenters. The lowest BCUT2D eigenvalue weighted by Crippen LogP contribution is -2.45. The Morgan fingerprint density at radius 3 is 2.41 bits per heavy atom. The van der Waals surface area contributed by atoms with Crippen molar-refractivity contribution in [3.05, 3.63) is 29.8 Å². The van der Waals surface area contributed by atoms with Crippen molar-refractivity contribution in [1.82, 2.24) is 9.62 Å². The van der Waals surface area contributed by atoms with Crippen molar-refractivity contribution < 1.29 is 13.2 Å². The lowest BCUT2D eigenvalue weighted by molar-refractivity contribution is -0.125. The first-order valence-electron chi connectivity index (χ1n) is 10.3. The Balaban J connectivity index is 1.59. The van der Waals surface area contributed by atoms with Crippen molar-refractivity contribution >= 4 is 15.9 Å². The lowest BCUT2D eigenvalue weighted by atomic mass is 9.88. The second-order valence-corrected chi connectivity index (χ2v) is 9.88. The molecular weight excluding hydrogens is 360 g/mol. The number of rotatable bonds is 6. The second-order valence-electron chi connectivity index (χ2n) is 7.99. The number of benzene rings is 1. The van der Waals surface area contributed by atoms with Crippen LogP contribution in [0.3, 0.4) is 0 Å².